The third-order valence-electron chi connectivity index (χ3n) is 3.02. The van der Waals surface area contributed by atoms with Gasteiger partial charge in [-0.05, 0) is 12.8 Å². The fourth-order valence-corrected chi connectivity index (χ4v) is 1.89. The third-order valence-corrected chi connectivity index (χ3v) is 3.02. The molecule has 0 rings (SSSR count). The van der Waals surface area contributed by atoms with Gasteiger partial charge in [-0.25, -0.2) is 0 Å². The average Bonchev–Trinajstić information content (AvgIpc) is 2.33. The molecule has 0 aliphatic heterocycles. The number of alkyl halides is 3. The van der Waals surface area contributed by atoms with Gasteiger partial charge in [-0.3, -0.25) is 0 Å². The van der Waals surface area contributed by atoms with E-state index in [0.717, 1.165) is 32.1 Å². The lowest BCUT2D eigenvalue weighted by molar-refractivity contribution is -0.155. The first-order valence-corrected chi connectivity index (χ1v) is 6.64. The summed E-state index contributed by atoms with van der Waals surface area (Å²) in [6, 6.07) is 0.0429. The molecule has 0 bridgehead atoms. The van der Waals surface area contributed by atoms with E-state index in [4.69, 9.17) is 10.9 Å². The molecule has 7 heteroatoms. The minimum Gasteiger partial charge on any atom is -0.409 e. The Bertz CT molecular complexity index is 269. The van der Waals surface area contributed by atoms with Crippen molar-refractivity contribution in [1.82, 2.24) is 5.32 Å². The van der Waals surface area contributed by atoms with Crippen LogP contribution in [-0.2, 0) is 0 Å². The van der Waals surface area contributed by atoms with Crippen LogP contribution in [0.15, 0.2) is 5.16 Å². The van der Waals surface area contributed by atoms with Crippen molar-refractivity contribution in [3.63, 3.8) is 0 Å². The summed E-state index contributed by atoms with van der Waals surface area (Å²) < 4.78 is 38.2. The Kier molecular flexibility index (Phi) is 8.54. The molecule has 0 radical (unpaired) electrons. The van der Waals surface area contributed by atoms with Gasteiger partial charge in [0.05, 0.1) is 0 Å². The highest BCUT2D eigenvalue weighted by Crippen LogP contribution is 2.26. The van der Waals surface area contributed by atoms with E-state index in [9.17, 15) is 13.2 Å². The smallest absolute Gasteiger partial charge is 0.400 e. The minimum atomic E-state index is -4.51. The molecule has 2 unspecified atom stereocenters. The summed E-state index contributed by atoms with van der Waals surface area (Å²) in [5.41, 5.74) is 5.10. The molecule has 0 aliphatic carbocycles. The number of nitrogens with one attached hydrogen (secondary N) is 1. The molecule has 0 saturated carbocycles. The molecule has 0 saturated heterocycles. The first-order valence-electron chi connectivity index (χ1n) is 6.64. The van der Waals surface area contributed by atoms with Crippen molar-refractivity contribution in [3.05, 3.63) is 0 Å². The fourth-order valence-electron chi connectivity index (χ4n) is 1.89. The zero-order valence-corrected chi connectivity index (χ0v) is 11.5. The summed E-state index contributed by atoms with van der Waals surface area (Å²) >= 11 is 0. The van der Waals surface area contributed by atoms with Crippen molar-refractivity contribution in [2.24, 2.45) is 16.8 Å². The maximum Gasteiger partial charge on any atom is 0.400 e. The Morgan fingerprint density at radius 3 is 2.32 bits per heavy atom. The molecule has 4 N–H and O–H groups in total. The molecule has 0 aliphatic rings. The molecule has 0 fully saturated rings. The first-order chi connectivity index (χ1) is 8.86. The van der Waals surface area contributed by atoms with Crippen LogP contribution >= 0.6 is 0 Å². The van der Waals surface area contributed by atoms with Crippen LogP contribution in [0.5, 0.6) is 0 Å². The number of halogens is 3. The number of unbranched alkanes of at least 4 members (excludes halogenated alkanes) is 1. The number of nitrogens with two attached hydrogens (primary N) is 1. The van der Waals surface area contributed by atoms with Crippen LogP contribution in [0.3, 0.4) is 0 Å². The van der Waals surface area contributed by atoms with Gasteiger partial charge in [0.2, 0.25) is 0 Å². The molecule has 0 spiro atoms. The molecule has 0 aromatic carbocycles. The van der Waals surface area contributed by atoms with Crippen molar-refractivity contribution >= 4 is 5.84 Å². The number of hydrogen-bond acceptors (Lipinski definition) is 3. The Labute approximate surface area is 112 Å². The van der Waals surface area contributed by atoms with Gasteiger partial charge in [0.25, 0.3) is 0 Å². The highest BCUT2D eigenvalue weighted by atomic mass is 19.4. The van der Waals surface area contributed by atoms with Crippen LogP contribution in [-0.4, -0.2) is 29.8 Å². The summed E-state index contributed by atoms with van der Waals surface area (Å²) in [5, 5.41) is 13.8. The van der Waals surface area contributed by atoms with Gasteiger partial charge in [0, 0.05) is 12.6 Å². The van der Waals surface area contributed by atoms with E-state index in [1.54, 1.807) is 0 Å². The van der Waals surface area contributed by atoms with Crippen LogP contribution in [0.2, 0.25) is 0 Å². The number of oxime groups is 1. The van der Waals surface area contributed by atoms with E-state index in [1.807, 2.05) is 13.8 Å². The Morgan fingerprint density at radius 2 is 1.89 bits per heavy atom. The minimum absolute atomic E-state index is 0.0429. The fraction of sp³-hybridized carbons (Fsp3) is 0.917. The van der Waals surface area contributed by atoms with E-state index in [2.05, 4.69) is 10.5 Å². The second kappa shape index (κ2) is 9.01. The van der Waals surface area contributed by atoms with Gasteiger partial charge in [0.15, 0.2) is 5.84 Å². The van der Waals surface area contributed by atoms with E-state index < -0.39 is 17.9 Å². The monoisotopic (exact) mass is 283 g/mol. The van der Waals surface area contributed by atoms with Gasteiger partial charge < -0.3 is 16.3 Å². The zero-order valence-electron chi connectivity index (χ0n) is 11.5. The van der Waals surface area contributed by atoms with Gasteiger partial charge in [-0.15, -0.1) is 0 Å². The van der Waals surface area contributed by atoms with E-state index in [-0.39, 0.29) is 12.6 Å². The van der Waals surface area contributed by atoms with E-state index in [0.29, 0.717) is 0 Å². The van der Waals surface area contributed by atoms with Crippen molar-refractivity contribution in [2.75, 3.05) is 6.54 Å². The van der Waals surface area contributed by atoms with Gasteiger partial charge >= 0.3 is 6.18 Å². The summed E-state index contributed by atoms with van der Waals surface area (Å²) in [4.78, 5) is 0. The van der Waals surface area contributed by atoms with Crippen LogP contribution in [0, 0.1) is 5.92 Å². The topological polar surface area (TPSA) is 70.6 Å². The summed E-state index contributed by atoms with van der Waals surface area (Å²) in [6.45, 7) is 3.68. The molecule has 114 valence electrons. The molecule has 0 amide bonds. The van der Waals surface area contributed by atoms with E-state index >= 15 is 0 Å². The van der Waals surface area contributed by atoms with Gasteiger partial charge in [-0.1, -0.05) is 38.3 Å². The maximum atomic E-state index is 12.7. The highest BCUT2D eigenvalue weighted by molar-refractivity contribution is 5.83. The second-order valence-electron chi connectivity index (χ2n) is 4.66. The molecule has 0 heterocycles. The van der Waals surface area contributed by atoms with Gasteiger partial charge in [0.1, 0.15) is 5.92 Å². The van der Waals surface area contributed by atoms with Crippen LogP contribution in [0.1, 0.15) is 46.0 Å². The predicted octanol–water partition coefficient (Wildman–Crippen LogP) is 2.86. The van der Waals surface area contributed by atoms with Crippen LogP contribution < -0.4 is 11.1 Å². The summed E-state index contributed by atoms with van der Waals surface area (Å²) in [5.74, 6) is -2.75. The number of amidine groups is 1. The lowest BCUT2D eigenvalue weighted by Crippen LogP contribution is -2.45. The number of rotatable bonds is 9. The number of nitrogens with zero attached hydrogens (tertiary/aromatic N) is 1. The van der Waals surface area contributed by atoms with Crippen molar-refractivity contribution < 1.29 is 18.4 Å². The standard InChI is InChI=1S/C12H24F3N3O/c1-3-5-7-9(6-4-2)17-8-10(11(16)18-19)12(13,14)15/h9-10,17,19H,3-8H2,1-2H3,(H2,16,18). The second-order valence-corrected chi connectivity index (χ2v) is 4.66. The average molecular weight is 283 g/mol. The largest absolute Gasteiger partial charge is 0.409 e. The SMILES string of the molecule is CCCCC(CCC)NCC(C(N)=NO)C(F)(F)F. The lowest BCUT2D eigenvalue weighted by atomic mass is 10.0. The zero-order chi connectivity index (χ0) is 14.9. The van der Waals surface area contributed by atoms with Crippen molar-refractivity contribution in [2.45, 2.75) is 58.2 Å². The first kappa shape index (κ1) is 18.0. The van der Waals surface area contributed by atoms with Crippen molar-refractivity contribution in [1.29, 1.82) is 0 Å². The summed E-state index contributed by atoms with van der Waals surface area (Å²) in [6.07, 6.45) is 0.0288. The third kappa shape index (κ3) is 7.25. The lowest BCUT2D eigenvalue weighted by Gasteiger charge is -2.23. The molecular weight excluding hydrogens is 259 g/mol. The molecule has 19 heavy (non-hydrogen) atoms. The quantitative estimate of drug-likeness (QED) is 0.264. The van der Waals surface area contributed by atoms with Crippen LogP contribution in [0.4, 0.5) is 13.2 Å². The van der Waals surface area contributed by atoms with Gasteiger partial charge in [-0.2, -0.15) is 13.2 Å². The maximum absolute atomic E-state index is 12.7. The number of hydrogen-bond donors (Lipinski definition) is 3. The predicted molar refractivity (Wildman–Crippen MR) is 69.2 cm³/mol. The Morgan fingerprint density at radius 1 is 1.26 bits per heavy atom. The molecule has 2 atom stereocenters. The Balaban J connectivity index is 4.49. The Hall–Kier alpha value is -0.980. The molecule has 0 aromatic heterocycles. The van der Waals surface area contributed by atoms with E-state index in [1.165, 1.54) is 0 Å². The molecular formula is C12H24F3N3O. The van der Waals surface area contributed by atoms with Crippen molar-refractivity contribution in [3.8, 4) is 0 Å². The summed E-state index contributed by atoms with van der Waals surface area (Å²) in [7, 11) is 0. The normalized spacial score (nSPS) is 16.4. The molecule has 0 aromatic rings. The molecule has 4 nitrogen and oxygen atoms in total. The highest BCUT2D eigenvalue weighted by Gasteiger charge is 2.42. The van der Waals surface area contributed by atoms with Crippen LogP contribution in [0.25, 0.3) is 0 Å².